The third-order valence-electron chi connectivity index (χ3n) is 4.04. The molecule has 1 saturated heterocycles. The predicted molar refractivity (Wildman–Crippen MR) is 84.5 cm³/mol. The van der Waals surface area contributed by atoms with Gasteiger partial charge in [0.15, 0.2) is 0 Å². The van der Waals surface area contributed by atoms with Crippen molar-refractivity contribution < 1.29 is 9.53 Å². The van der Waals surface area contributed by atoms with Crippen LogP contribution in [0.2, 0.25) is 0 Å². The molecule has 2 aromatic rings. The lowest BCUT2D eigenvalue weighted by Crippen LogP contribution is -2.43. The van der Waals surface area contributed by atoms with Gasteiger partial charge >= 0.3 is 0 Å². The molecule has 2 heterocycles. The molecule has 116 valence electrons. The molecule has 0 N–H and O–H groups in total. The van der Waals surface area contributed by atoms with Crippen molar-refractivity contribution in [3.8, 4) is 11.3 Å². The van der Waals surface area contributed by atoms with Crippen LogP contribution in [0.4, 0.5) is 0 Å². The third-order valence-corrected chi connectivity index (χ3v) is 4.04. The Bertz CT molecular complexity index is 645. The van der Waals surface area contributed by atoms with E-state index in [1.165, 1.54) is 0 Å². The van der Waals surface area contributed by atoms with E-state index in [0.717, 1.165) is 16.8 Å². The van der Waals surface area contributed by atoms with Crippen molar-refractivity contribution in [2.75, 3.05) is 26.3 Å². The molecule has 1 aromatic heterocycles. The fraction of sp³-hybridized carbons (Fsp3) is 0.412. The quantitative estimate of drug-likeness (QED) is 0.873. The topological polar surface area (TPSA) is 47.4 Å². The van der Waals surface area contributed by atoms with Gasteiger partial charge in [0.1, 0.15) is 6.04 Å². The summed E-state index contributed by atoms with van der Waals surface area (Å²) in [7, 11) is 0. The van der Waals surface area contributed by atoms with E-state index < -0.39 is 0 Å². The maximum Gasteiger partial charge on any atom is 0.247 e. The zero-order valence-corrected chi connectivity index (χ0v) is 13.0. The molecule has 0 spiro atoms. The van der Waals surface area contributed by atoms with Crippen LogP contribution in [0.15, 0.2) is 36.5 Å². The average Bonchev–Trinajstić information content (AvgIpc) is 2.97. The number of rotatable bonds is 3. The number of ether oxygens (including phenoxy) is 1. The molecular weight excluding hydrogens is 278 g/mol. The Morgan fingerprint density at radius 2 is 1.91 bits per heavy atom. The molecule has 1 unspecified atom stereocenters. The summed E-state index contributed by atoms with van der Waals surface area (Å²) >= 11 is 0. The molecule has 0 saturated carbocycles. The second kappa shape index (κ2) is 6.32. The Morgan fingerprint density at radius 1 is 1.23 bits per heavy atom. The lowest BCUT2D eigenvalue weighted by atomic mass is 10.1. The fourth-order valence-corrected chi connectivity index (χ4v) is 2.72. The molecule has 3 rings (SSSR count). The molecule has 0 aliphatic carbocycles. The van der Waals surface area contributed by atoms with Gasteiger partial charge in [-0.05, 0) is 19.4 Å². The van der Waals surface area contributed by atoms with E-state index in [9.17, 15) is 4.79 Å². The van der Waals surface area contributed by atoms with Gasteiger partial charge in [-0.25, -0.2) is 0 Å². The van der Waals surface area contributed by atoms with Gasteiger partial charge in [-0.1, -0.05) is 30.3 Å². The smallest absolute Gasteiger partial charge is 0.247 e. The Kier molecular flexibility index (Phi) is 4.24. The molecule has 1 aliphatic heterocycles. The average molecular weight is 299 g/mol. The minimum atomic E-state index is -0.297. The Morgan fingerprint density at radius 3 is 2.59 bits per heavy atom. The molecule has 5 heteroatoms. The Labute approximate surface area is 130 Å². The van der Waals surface area contributed by atoms with E-state index in [2.05, 4.69) is 5.10 Å². The number of hydrogen-bond acceptors (Lipinski definition) is 3. The van der Waals surface area contributed by atoms with Crippen LogP contribution < -0.4 is 0 Å². The second-order valence-corrected chi connectivity index (χ2v) is 5.62. The van der Waals surface area contributed by atoms with E-state index in [1.807, 2.05) is 55.3 Å². The molecule has 0 bridgehead atoms. The lowest BCUT2D eigenvalue weighted by molar-refractivity contribution is -0.138. The van der Waals surface area contributed by atoms with Crippen LogP contribution in [-0.4, -0.2) is 46.9 Å². The monoisotopic (exact) mass is 299 g/mol. The van der Waals surface area contributed by atoms with Crippen molar-refractivity contribution >= 4 is 5.91 Å². The Balaban J connectivity index is 1.81. The van der Waals surface area contributed by atoms with E-state index in [0.29, 0.717) is 26.3 Å². The van der Waals surface area contributed by atoms with Gasteiger partial charge < -0.3 is 9.64 Å². The first-order valence-electron chi connectivity index (χ1n) is 7.64. The van der Waals surface area contributed by atoms with Crippen molar-refractivity contribution in [1.82, 2.24) is 14.7 Å². The standard InChI is InChI=1S/C17H21N3O2/c1-13-12-20(18-16(13)15-6-4-3-5-7-15)14(2)17(21)19-8-10-22-11-9-19/h3-7,12,14H,8-11H2,1-2H3. The summed E-state index contributed by atoms with van der Waals surface area (Å²) in [5.41, 5.74) is 3.08. The number of benzene rings is 1. The number of morpholine rings is 1. The summed E-state index contributed by atoms with van der Waals surface area (Å²) in [5.74, 6) is 0.102. The van der Waals surface area contributed by atoms with Crippen LogP contribution in [0.25, 0.3) is 11.3 Å². The number of carbonyl (C=O) groups is 1. The van der Waals surface area contributed by atoms with Gasteiger partial charge in [0, 0.05) is 24.8 Å². The van der Waals surface area contributed by atoms with E-state index >= 15 is 0 Å². The summed E-state index contributed by atoms with van der Waals surface area (Å²) in [6, 6.07) is 9.75. The molecule has 1 aliphatic rings. The summed E-state index contributed by atoms with van der Waals surface area (Å²) in [4.78, 5) is 14.4. The zero-order valence-electron chi connectivity index (χ0n) is 13.0. The summed E-state index contributed by atoms with van der Waals surface area (Å²) < 4.78 is 7.07. The van der Waals surface area contributed by atoms with Crippen LogP contribution in [0.3, 0.4) is 0 Å². The molecule has 0 radical (unpaired) electrons. The molecule has 1 aromatic carbocycles. The maximum atomic E-state index is 12.6. The third kappa shape index (κ3) is 2.90. The normalized spacial score (nSPS) is 16.5. The largest absolute Gasteiger partial charge is 0.378 e. The first-order valence-corrected chi connectivity index (χ1v) is 7.64. The number of aryl methyl sites for hydroxylation is 1. The molecule has 1 fully saturated rings. The van der Waals surface area contributed by atoms with Crippen LogP contribution in [-0.2, 0) is 9.53 Å². The van der Waals surface area contributed by atoms with Gasteiger partial charge in [-0.2, -0.15) is 5.10 Å². The van der Waals surface area contributed by atoms with Crippen molar-refractivity contribution in [3.05, 3.63) is 42.1 Å². The van der Waals surface area contributed by atoms with Crippen molar-refractivity contribution in [2.45, 2.75) is 19.9 Å². The Hall–Kier alpha value is -2.14. The first kappa shape index (κ1) is 14.8. The van der Waals surface area contributed by atoms with E-state index in [-0.39, 0.29) is 11.9 Å². The van der Waals surface area contributed by atoms with E-state index in [4.69, 9.17) is 4.74 Å². The lowest BCUT2D eigenvalue weighted by Gasteiger charge is -2.29. The maximum absolute atomic E-state index is 12.6. The highest BCUT2D eigenvalue weighted by molar-refractivity contribution is 5.80. The van der Waals surface area contributed by atoms with Crippen LogP contribution in [0.5, 0.6) is 0 Å². The minimum absolute atomic E-state index is 0.102. The van der Waals surface area contributed by atoms with Crippen molar-refractivity contribution in [2.24, 2.45) is 0 Å². The minimum Gasteiger partial charge on any atom is -0.378 e. The second-order valence-electron chi connectivity index (χ2n) is 5.62. The first-order chi connectivity index (χ1) is 10.7. The highest BCUT2D eigenvalue weighted by Crippen LogP contribution is 2.23. The summed E-state index contributed by atoms with van der Waals surface area (Å²) in [6.07, 6.45) is 1.95. The van der Waals surface area contributed by atoms with Gasteiger partial charge in [0.2, 0.25) is 5.91 Å². The molecule has 22 heavy (non-hydrogen) atoms. The summed E-state index contributed by atoms with van der Waals surface area (Å²) in [5, 5.41) is 4.63. The molecule has 1 amide bonds. The summed E-state index contributed by atoms with van der Waals surface area (Å²) in [6.45, 7) is 6.48. The van der Waals surface area contributed by atoms with Crippen molar-refractivity contribution in [1.29, 1.82) is 0 Å². The highest BCUT2D eigenvalue weighted by Gasteiger charge is 2.24. The van der Waals surface area contributed by atoms with Gasteiger partial charge in [-0.15, -0.1) is 0 Å². The number of carbonyl (C=O) groups excluding carboxylic acids is 1. The van der Waals surface area contributed by atoms with Gasteiger partial charge in [-0.3, -0.25) is 9.48 Å². The number of nitrogens with zero attached hydrogens (tertiary/aromatic N) is 3. The van der Waals surface area contributed by atoms with Crippen molar-refractivity contribution in [3.63, 3.8) is 0 Å². The fourth-order valence-electron chi connectivity index (χ4n) is 2.72. The highest BCUT2D eigenvalue weighted by atomic mass is 16.5. The number of hydrogen-bond donors (Lipinski definition) is 0. The van der Waals surface area contributed by atoms with Crippen LogP contribution >= 0.6 is 0 Å². The van der Waals surface area contributed by atoms with Gasteiger partial charge in [0.25, 0.3) is 0 Å². The molecular formula is C17H21N3O2. The van der Waals surface area contributed by atoms with E-state index in [1.54, 1.807) is 4.68 Å². The predicted octanol–water partition coefficient (Wildman–Crippen LogP) is 2.28. The van der Waals surface area contributed by atoms with Crippen LogP contribution in [0.1, 0.15) is 18.5 Å². The molecule has 5 nitrogen and oxygen atoms in total. The number of aromatic nitrogens is 2. The number of amides is 1. The zero-order chi connectivity index (χ0) is 15.5. The van der Waals surface area contributed by atoms with Gasteiger partial charge in [0.05, 0.1) is 18.9 Å². The molecule has 1 atom stereocenters. The van der Waals surface area contributed by atoms with Crippen LogP contribution in [0, 0.1) is 6.92 Å². The SMILES string of the molecule is Cc1cn(C(C)C(=O)N2CCOCC2)nc1-c1ccccc1.